The number of fused-ring (bicyclic) bond motifs is 1. The lowest BCUT2D eigenvalue weighted by Crippen LogP contribution is -2.39. The van der Waals surface area contributed by atoms with Gasteiger partial charge in [-0.1, -0.05) is 30.3 Å². The maximum atomic E-state index is 13.7. The highest BCUT2D eigenvalue weighted by molar-refractivity contribution is 5.81. The Morgan fingerprint density at radius 3 is 2.63 bits per heavy atom. The zero-order valence-corrected chi connectivity index (χ0v) is 22.3. The van der Waals surface area contributed by atoms with E-state index in [-0.39, 0.29) is 24.6 Å². The lowest BCUT2D eigenvalue weighted by molar-refractivity contribution is -0.139. The normalized spacial score (nSPS) is 20.4. The third-order valence-electron chi connectivity index (χ3n) is 8.43. The maximum absolute atomic E-state index is 13.7. The number of carbonyl (C=O) groups is 1. The molecule has 2 aliphatic heterocycles. The average molecular weight is 529 g/mol. The van der Waals surface area contributed by atoms with Gasteiger partial charge in [-0.15, -0.1) is 0 Å². The first-order chi connectivity index (χ1) is 18.3. The minimum Gasteiger partial charge on any atom is -0.376 e. The molecule has 0 radical (unpaired) electrons. The summed E-state index contributed by atoms with van der Waals surface area (Å²) in [7, 11) is 2.08. The number of benzene rings is 2. The monoisotopic (exact) mass is 528 g/mol. The Morgan fingerprint density at radius 1 is 1.08 bits per heavy atom. The van der Waals surface area contributed by atoms with Crippen molar-refractivity contribution in [3.63, 3.8) is 0 Å². The van der Waals surface area contributed by atoms with Crippen LogP contribution in [-0.4, -0.2) is 66.4 Å². The third-order valence-corrected chi connectivity index (χ3v) is 8.43. The lowest BCUT2D eigenvalue weighted by atomic mass is 9.97. The van der Waals surface area contributed by atoms with Crippen LogP contribution in [0.2, 0.25) is 0 Å². The summed E-state index contributed by atoms with van der Waals surface area (Å²) in [4.78, 5) is 19.9. The highest BCUT2D eigenvalue weighted by atomic mass is 19.4. The van der Waals surface area contributed by atoms with Gasteiger partial charge in [0.1, 0.15) is 0 Å². The molecule has 1 saturated heterocycles. The van der Waals surface area contributed by atoms with Gasteiger partial charge in [-0.05, 0) is 86.9 Å². The Hall–Kier alpha value is -2.58. The number of nitrogens with one attached hydrogen (secondary N) is 1. The van der Waals surface area contributed by atoms with Crippen molar-refractivity contribution in [3.8, 4) is 0 Å². The minimum atomic E-state index is -4.45. The molecule has 2 fully saturated rings. The summed E-state index contributed by atoms with van der Waals surface area (Å²) in [6, 6.07) is 12.2. The van der Waals surface area contributed by atoms with Crippen LogP contribution in [0.3, 0.4) is 0 Å². The van der Waals surface area contributed by atoms with Crippen molar-refractivity contribution >= 4 is 11.6 Å². The number of carbonyl (C=O) groups excluding carboxylic acids is 1. The van der Waals surface area contributed by atoms with Crippen LogP contribution in [0.15, 0.2) is 42.5 Å². The van der Waals surface area contributed by atoms with Crippen molar-refractivity contribution < 1.29 is 18.0 Å². The van der Waals surface area contributed by atoms with Gasteiger partial charge in [0, 0.05) is 44.5 Å². The smallest absolute Gasteiger partial charge is 0.376 e. The summed E-state index contributed by atoms with van der Waals surface area (Å²) in [6.45, 7) is 4.60. The molecule has 2 heterocycles. The number of likely N-dealkylation sites (tertiary alicyclic amines) is 1. The Kier molecular flexibility index (Phi) is 8.29. The predicted octanol–water partition coefficient (Wildman–Crippen LogP) is 5.40. The third kappa shape index (κ3) is 6.70. The number of hydrogen-bond acceptors (Lipinski definition) is 4. The second-order valence-electron chi connectivity index (χ2n) is 11.3. The van der Waals surface area contributed by atoms with Gasteiger partial charge in [0.25, 0.3) is 0 Å². The zero-order valence-electron chi connectivity index (χ0n) is 22.3. The fourth-order valence-corrected chi connectivity index (χ4v) is 6.02. The molecule has 0 bridgehead atoms. The number of alkyl halides is 3. The molecule has 2 aromatic carbocycles. The predicted molar refractivity (Wildman–Crippen MR) is 144 cm³/mol. The number of amides is 1. The van der Waals surface area contributed by atoms with Crippen LogP contribution >= 0.6 is 0 Å². The van der Waals surface area contributed by atoms with E-state index in [0.29, 0.717) is 12.6 Å². The number of halogens is 3. The van der Waals surface area contributed by atoms with E-state index in [0.717, 1.165) is 63.0 Å². The summed E-state index contributed by atoms with van der Waals surface area (Å²) < 4.78 is 41.1. The number of anilines is 1. The average Bonchev–Trinajstić information content (AvgIpc) is 3.62. The van der Waals surface area contributed by atoms with E-state index < -0.39 is 11.7 Å². The molecule has 2 aromatic rings. The van der Waals surface area contributed by atoms with E-state index in [1.54, 1.807) is 11.0 Å². The van der Waals surface area contributed by atoms with Gasteiger partial charge in [-0.2, -0.15) is 13.2 Å². The van der Waals surface area contributed by atoms with Crippen molar-refractivity contribution in [1.82, 2.24) is 14.7 Å². The number of nitrogens with zero attached hydrogens (tertiary/aromatic N) is 3. The van der Waals surface area contributed by atoms with Gasteiger partial charge < -0.3 is 15.1 Å². The highest BCUT2D eigenvalue weighted by Crippen LogP contribution is 2.34. The molecule has 38 heavy (non-hydrogen) atoms. The van der Waals surface area contributed by atoms with Crippen LogP contribution in [0.4, 0.5) is 18.9 Å². The van der Waals surface area contributed by atoms with Gasteiger partial charge in [0.15, 0.2) is 0 Å². The molecular formula is C30H39F3N4O. The first-order valence-electron chi connectivity index (χ1n) is 14.0. The Morgan fingerprint density at radius 2 is 1.89 bits per heavy atom. The van der Waals surface area contributed by atoms with Crippen molar-refractivity contribution in [1.29, 1.82) is 0 Å². The molecule has 1 aliphatic carbocycles. The largest absolute Gasteiger partial charge is 0.416 e. The van der Waals surface area contributed by atoms with Crippen molar-refractivity contribution in [2.45, 2.75) is 63.8 Å². The summed E-state index contributed by atoms with van der Waals surface area (Å²) in [5, 5.41) is 3.35. The number of rotatable bonds is 10. The Balaban J connectivity index is 1.27. The van der Waals surface area contributed by atoms with Crippen molar-refractivity contribution in [3.05, 3.63) is 64.7 Å². The van der Waals surface area contributed by atoms with Gasteiger partial charge in [0.2, 0.25) is 5.91 Å². The van der Waals surface area contributed by atoms with Crippen LogP contribution in [0.25, 0.3) is 0 Å². The quantitative estimate of drug-likeness (QED) is 0.448. The highest BCUT2D eigenvalue weighted by Gasteiger charge is 2.34. The fraction of sp³-hybridized carbons (Fsp3) is 0.567. The molecule has 3 aliphatic rings. The molecule has 1 saturated carbocycles. The first kappa shape index (κ1) is 27.0. The van der Waals surface area contributed by atoms with Crippen molar-refractivity contribution in [2.24, 2.45) is 5.92 Å². The molecular weight excluding hydrogens is 489 g/mol. The van der Waals surface area contributed by atoms with Crippen LogP contribution < -0.4 is 5.32 Å². The summed E-state index contributed by atoms with van der Waals surface area (Å²) >= 11 is 0. The van der Waals surface area contributed by atoms with E-state index >= 15 is 0 Å². The second-order valence-corrected chi connectivity index (χ2v) is 11.3. The van der Waals surface area contributed by atoms with E-state index in [1.807, 2.05) is 12.1 Å². The summed E-state index contributed by atoms with van der Waals surface area (Å²) in [5.41, 5.74) is 2.99. The van der Waals surface area contributed by atoms with E-state index in [2.05, 4.69) is 28.2 Å². The van der Waals surface area contributed by atoms with Gasteiger partial charge in [0.05, 0.1) is 12.1 Å². The number of hydrogen-bond donors (Lipinski definition) is 1. The topological polar surface area (TPSA) is 38.8 Å². The van der Waals surface area contributed by atoms with Crippen LogP contribution in [0.5, 0.6) is 0 Å². The van der Waals surface area contributed by atoms with E-state index in [1.165, 1.54) is 42.6 Å². The Bertz CT molecular complexity index is 1120. The molecule has 1 atom stereocenters. The molecule has 5 nitrogen and oxygen atoms in total. The van der Waals surface area contributed by atoms with Gasteiger partial charge in [-0.3, -0.25) is 9.69 Å². The second kappa shape index (κ2) is 11.7. The van der Waals surface area contributed by atoms with Gasteiger partial charge in [-0.25, -0.2) is 0 Å². The Labute approximate surface area is 224 Å². The van der Waals surface area contributed by atoms with E-state index in [9.17, 15) is 18.0 Å². The lowest BCUT2D eigenvalue weighted by Gasteiger charge is -2.31. The molecule has 1 unspecified atom stereocenters. The first-order valence-corrected chi connectivity index (χ1v) is 14.0. The molecule has 0 spiro atoms. The molecule has 5 rings (SSSR count). The van der Waals surface area contributed by atoms with Crippen molar-refractivity contribution in [2.75, 3.05) is 45.1 Å². The van der Waals surface area contributed by atoms with Crippen LogP contribution in [-0.2, 0) is 30.5 Å². The fourth-order valence-electron chi connectivity index (χ4n) is 6.02. The molecule has 1 N–H and O–H groups in total. The molecule has 0 aromatic heterocycles. The maximum Gasteiger partial charge on any atom is 0.416 e. The van der Waals surface area contributed by atoms with E-state index in [4.69, 9.17) is 0 Å². The molecule has 8 heteroatoms. The van der Waals surface area contributed by atoms with Crippen LogP contribution in [0, 0.1) is 5.92 Å². The molecule has 206 valence electrons. The standard InChI is InChI=1S/C30H39F3N4O/c1-35-15-5-8-25(35)13-17-37(21-24-6-2-3-9-27(24)30(31,32)33)29(38)18-34-28-10-4-7-23-20-36(16-14-26(23)28)19-22-11-12-22/h2-4,6-7,9-10,22,25,34H,5,8,11-21H2,1H3. The zero-order chi connectivity index (χ0) is 26.7. The van der Waals surface area contributed by atoms with Gasteiger partial charge >= 0.3 is 6.18 Å². The minimum absolute atomic E-state index is 0.0460. The van der Waals surface area contributed by atoms with Crippen LogP contribution in [0.1, 0.15) is 54.4 Å². The SMILES string of the molecule is CN1CCCC1CCN(Cc1ccccc1C(F)(F)F)C(=O)CNc1cccc2c1CCN(CC1CC1)C2. The summed E-state index contributed by atoms with van der Waals surface area (Å²) in [6.07, 6.45) is 2.10. The summed E-state index contributed by atoms with van der Waals surface area (Å²) in [5.74, 6) is 0.680. The molecule has 1 amide bonds.